The van der Waals surface area contributed by atoms with Crippen LogP contribution in [0.4, 0.5) is 19.0 Å². The fourth-order valence-corrected chi connectivity index (χ4v) is 4.43. The maximum absolute atomic E-state index is 13.9. The molecule has 34 heavy (non-hydrogen) atoms. The van der Waals surface area contributed by atoms with Crippen molar-refractivity contribution in [1.29, 1.82) is 0 Å². The zero-order valence-corrected chi connectivity index (χ0v) is 18.6. The zero-order chi connectivity index (χ0) is 24.3. The number of halogens is 3. The van der Waals surface area contributed by atoms with Crippen LogP contribution >= 0.6 is 11.3 Å². The Morgan fingerprint density at radius 3 is 2.35 bits per heavy atom. The Bertz CT molecular complexity index is 1310. The molecule has 0 fully saturated rings. The zero-order valence-electron chi connectivity index (χ0n) is 17.8. The molecule has 2 heterocycles. The lowest BCUT2D eigenvalue weighted by molar-refractivity contribution is -0.137. The molecule has 174 valence electrons. The van der Waals surface area contributed by atoms with Crippen LogP contribution in [0, 0.1) is 0 Å². The summed E-state index contributed by atoms with van der Waals surface area (Å²) in [6.07, 6.45) is -4.15. The van der Waals surface area contributed by atoms with Gasteiger partial charge in [-0.1, -0.05) is 54.6 Å². The van der Waals surface area contributed by atoms with Gasteiger partial charge in [0.05, 0.1) is 16.8 Å². The van der Waals surface area contributed by atoms with Crippen LogP contribution in [0.15, 0.2) is 72.1 Å². The quantitative estimate of drug-likeness (QED) is 0.301. The van der Waals surface area contributed by atoms with Crippen LogP contribution in [0.5, 0.6) is 0 Å². The first-order valence-electron chi connectivity index (χ1n) is 10.4. The first-order valence-corrected chi connectivity index (χ1v) is 11.2. The van der Waals surface area contributed by atoms with E-state index in [0.717, 1.165) is 10.9 Å². The Morgan fingerprint density at radius 2 is 1.68 bits per heavy atom. The molecule has 1 amide bonds. The van der Waals surface area contributed by atoms with Gasteiger partial charge in [-0.15, -0.1) is 11.3 Å². The van der Waals surface area contributed by atoms with Crippen LogP contribution in [0.25, 0.3) is 11.1 Å². The molecule has 5 nitrogen and oxygen atoms in total. The number of carbonyl (C=O) groups excluding carboxylic acids is 2. The van der Waals surface area contributed by atoms with Gasteiger partial charge in [-0.25, -0.2) is 0 Å². The number of ketones is 1. The number of carbonyl (C=O) groups is 2. The van der Waals surface area contributed by atoms with E-state index in [1.165, 1.54) is 29.5 Å². The molecule has 4 aromatic rings. The molecule has 0 saturated heterocycles. The van der Waals surface area contributed by atoms with Gasteiger partial charge >= 0.3 is 6.18 Å². The third-order valence-electron chi connectivity index (χ3n) is 5.26. The van der Waals surface area contributed by atoms with E-state index >= 15 is 0 Å². The van der Waals surface area contributed by atoms with Crippen LogP contribution < -0.4 is 11.1 Å². The molecule has 9 heteroatoms. The molecule has 0 spiro atoms. The molecule has 0 bridgehead atoms. The van der Waals surface area contributed by atoms with Gasteiger partial charge in [0.25, 0.3) is 5.91 Å². The van der Waals surface area contributed by atoms with E-state index in [9.17, 15) is 22.8 Å². The number of hydrogen-bond donors (Lipinski definition) is 3. The van der Waals surface area contributed by atoms with Gasteiger partial charge in [-0.3, -0.25) is 9.59 Å². The number of aromatic amines is 1. The van der Waals surface area contributed by atoms with Crippen LogP contribution in [0.1, 0.15) is 36.9 Å². The van der Waals surface area contributed by atoms with Crippen LogP contribution in [0.3, 0.4) is 0 Å². The molecule has 0 aliphatic rings. The predicted octanol–water partition coefficient (Wildman–Crippen LogP) is 5.55. The molecule has 0 aliphatic heterocycles. The number of nitrogen functional groups attached to an aromatic ring is 1. The molecule has 4 N–H and O–H groups in total. The second kappa shape index (κ2) is 9.56. The smallest absolute Gasteiger partial charge is 0.385 e. The van der Waals surface area contributed by atoms with Crippen molar-refractivity contribution in [3.05, 3.63) is 99.4 Å². The average molecular weight is 484 g/mol. The Hall–Kier alpha value is -3.85. The van der Waals surface area contributed by atoms with Crippen molar-refractivity contribution in [3.8, 4) is 11.1 Å². The topological polar surface area (TPSA) is 88.0 Å². The van der Waals surface area contributed by atoms with E-state index in [1.807, 2.05) is 17.5 Å². The second-order valence-corrected chi connectivity index (χ2v) is 8.52. The molecule has 0 radical (unpaired) electrons. The number of H-pyrrole nitrogens is 1. The van der Waals surface area contributed by atoms with Gasteiger partial charge in [-0.05, 0) is 29.5 Å². The van der Waals surface area contributed by atoms with Crippen molar-refractivity contribution in [2.45, 2.75) is 12.6 Å². The van der Waals surface area contributed by atoms with E-state index in [1.54, 1.807) is 30.3 Å². The number of alkyl halides is 3. The summed E-state index contributed by atoms with van der Waals surface area (Å²) in [5, 5.41) is 4.63. The third-order valence-corrected chi connectivity index (χ3v) is 6.19. The molecular formula is C25H20F3N3O2S. The summed E-state index contributed by atoms with van der Waals surface area (Å²) < 4.78 is 41.6. The maximum Gasteiger partial charge on any atom is 0.417 e. The van der Waals surface area contributed by atoms with Gasteiger partial charge in [0.1, 0.15) is 5.82 Å². The number of aromatic nitrogens is 1. The largest absolute Gasteiger partial charge is 0.417 e. The summed E-state index contributed by atoms with van der Waals surface area (Å²) in [6.45, 7) is 0.256. The molecule has 0 saturated carbocycles. The van der Waals surface area contributed by atoms with Crippen molar-refractivity contribution in [1.82, 2.24) is 10.3 Å². The summed E-state index contributed by atoms with van der Waals surface area (Å²) in [5.74, 6) is -1.42. The van der Waals surface area contributed by atoms with Gasteiger partial charge in [0.15, 0.2) is 0 Å². The Labute approximate surface area is 197 Å². The summed E-state index contributed by atoms with van der Waals surface area (Å²) in [6, 6.07) is 16.7. The van der Waals surface area contributed by atoms with E-state index in [0.29, 0.717) is 6.42 Å². The van der Waals surface area contributed by atoms with E-state index in [4.69, 9.17) is 5.73 Å². The predicted molar refractivity (Wildman–Crippen MR) is 126 cm³/mol. The highest BCUT2D eigenvalue weighted by molar-refractivity contribution is 7.09. The third kappa shape index (κ3) is 4.74. The standard InChI is InChI=1S/C25H20F3N3O2S/c26-25(27,28)18-11-5-4-10-17(18)19-20(24(33)30-13-12-16-9-6-14-34-16)23(29)31-21(19)22(32)15-7-2-1-3-8-15/h1-11,14,31H,12-13,29H2,(H,30,33). The van der Waals surface area contributed by atoms with Gasteiger partial charge in [0.2, 0.25) is 5.78 Å². The molecule has 0 unspecified atom stereocenters. The van der Waals surface area contributed by atoms with Gasteiger partial charge in [-0.2, -0.15) is 13.2 Å². The fourth-order valence-electron chi connectivity index (χ4n) is 3.72. The van der Waals surface area contributed by atoms with Gasteiger partial charge < -0.3 is 16.0 Å². The number of benzene rings is 2. The average Bonchev–Trinajstić information content (AvgIpc) is 3.46. The number of nitrogens with two attached hydrogens (primary N) is 1. The van der Waals surface area contributed by atoms with Crippen LogP contribution in [-0.2, 0) is 12.6 Å². The van der Waals surface area contributed by atoms with Crippen molar-refractivity contribution in [3.63, 3.8) is 0 Å². The maximum atomic E-state index is 13.9. The molecule has 4 rings (SSSR count). The number of thiophene rings is 1. The van der Waals surface area contributed by atoms with Gasteiger partial charge in [0, 0.05) is 22.5 Å². The summed E-state index contributed by atoms with van der Waals surface area (Å²) in [5.41, 5.74) is 4.51. The van der Waals surface area contributed by atoms with Crippen molar-refractivity contribution >= 4 is 28.8 Å². The summed E-state index contributed by atoms with van der Waals surface area (Å²) in [7, 11) is 0. The van der Waals surface area contributed by atoms with E-state index in [2.05, 4.69) is 10.3 Å². The Balaban J connectivity index is 1.81. The highest BCUT2D eigenvalue weighted by Gasteiger charge is 2.37. The van der Waals surface area contributed by atoms with Crippen molar-refractivity contribution in [2.75, 3.05) is 12.3 Å². The molecule has 0 aliphatic carbocycles. The SMILES string of the molecule is Nc1[nH]c(C(=O)c2ccccc2)c(-c2ccccc2C(F)(F)F)c1C(=O)NCCc1cccs1. The number of nitrogens with one attached hydrogen (secondary N) is 2. The first kappa shape index (κ1) is 23.3. The number of anilines is 1. The monoisotopic (exact) mass is 483 g/mol. The second-order valence-electron chi connectivity index (χ2n) is 7.49. The highest BCUT2D eigenvalue weighted by atomic mass is 32.1. The fraction of sp³-hybridized carbons (Fsp3) is 0.120. The minimum absolute atomic E-state index is 0.173. The highest BCUT2D eigenvalue weighted by Crippen LogP contribution is 2.41. The van der Waals surface area contributed by atoms with Crippen molar-refractivity contribution in [2.24, 2.45) is 0 Å². The molecule has 2 aromatic heterocycles. The number of rotatable bonds is 7. The Kier molecular flexibility index (Phi) is 6.56. The first-order chi connectivity index (χ1) is 16.3. The Morgan fingerprint density at radius 1 is 0.971 bits per heavy atom. The van der Waals surface area contributed by atoms with E-state index in [-0.39, 0.29) is 40.3 Å². The summed E-state index contributed by atoms with van der Waals surface area (Å²) in [4.78, 5) is 30.1. The lowest BCUT2D eigenvalue weighted by Gasteiger charge is -2.15. The number of hydrogen-bond acceptors (Lipinski definition) is 4. The minimum atomic E-state index is -4.71. The number of amides is 1. The molecule has 2 aromatic carbocycles. The lowest BCUT2D eigenvalue weighted by Crippen LogP contribution is -2.26. The normalized spacial score (nSPS) is 11.4. The molecule has 0 atom stereocenters. The van der Waals surface area contributed by atoms with Crippen LogP contribution in [0.2, 0.25) is 0 Å². The minimum Gasteiger partial charge on any atom is -0.385 e. The summed E-state index contributed by atoms with van der Waals surface area (Å²) >= 11 is 1.53. The molecular weight excluding hydrogens is 463 g/mol. The van der Waals surface area contributed by atoms with E-state index < -0.39 is 23.4 Å². The van der Waals surface area contributed by atoms with Crippen LogP contribution in [-0.4, -0.2) is 23.2 Å². The lowest BCUT2D eigenvalue weighted by atomic mass is 9.93. The van der Waals surface area contributed by atoms with Crippen molar-refractivity contribution < 1.29 is 22.8 Å².